The largest absolute Gasteiger partial charge is 0.399 e. The number of nitrogens with zero attached hydrogens (tertiary/aromatic N) is 2. The van der Waals surface area contributed by atoms with Gasteiger partial charge in [0.25, 0.3) is 5.91 Å². The van der Waals surface area contributed by atoms with Crippen molar-refractivity contribution in [3.63, 3.8) is 0 Å². The van der Waals surface area contributed by atoms with Crippen molar-refractivity contribution in [2.24, 2.45) is 5.41 Å². The molecule has 3 heterocycles. The predicted octanol–water partition coefficient (Wildman–Crippen LogP) is 4.85. The molecule has 0 saturated carbocycles. The second-order valence-corrected chi connectivity index (χ2v) is 14.9. The second-order valence-electron chi connectivity index (χ2n) is 12.2. The molecule has 2 aliphatic rings. The Morgan fingerprint density at radius 1 is 1.05 bits per heavy atom. The van der Waals surface area contributed by atoms with E-state index in [4.69, 9.17) is 9.79 Å². The van der Waals surface area contributed by atoms with Crippen LogP contribution in [0.3, 0.4) is 0 Å². The molecule has 2 atom stereocenters. The van der Waals surface area contributed by atoms with Gasteiger partial charge in [0.15, 0.2) is 0 Å². The van der Waals surface area contributed by atoms with Gasteiger partial charge >= 0.3 is 13.3 Å². The lowest BCUT2D eigenvalue weighted by Crippen LogP contribution is -2.58. The first-order valence-electron chi connectivity index (χ1n) is 14.0. The monoisotopic (exact) mass is 633 g/mol. The second kappa shape index (κ2) is 11.4. The van der Waals surface area contributed by atoms with Crippen LogP contribution in [-0.4, -0.2) is 62.5 Å². The lowest BCUT2D eigenvalue weighted by Gasteiger charge is -2.37. The van der Waals surface area contributed by atoms with E-state index in [1.807, 2.05) is 39.0 Å². The van der Waals surface area contributed by atoms with Crippen LogP contribution < -0.4 is 5.32 Å². The highest BCUT2D eigenvalue weighted by Crippen LogP contribution is 2.59. The van der Waals surface area contributed by atoms with Crippen LogP contribution in [0.1, 0.15) is 60.0 Å². The highest BCUT2D eigenvalue weighted by molar-refractivity contribution is 7.52. The van der Waals surface area contributed by atoms with E-state index in [1.54, 1.807) is 9.80 Å². The average molecular weight is 634 g/mol. The lowest BCUT2D eigenvalue weighted by molar-refractivity contribution is -0.146. The summed E-state index contributed by atoms with van der Waals surface area (Å²) in [5, 5.41) is 3.03. The molecule has 230 valence electrons. The topological polar surface area (TPSA) is 127 Å². The molecule has 2 aliphatic heterocycles. The highest BCUT2D eigenvalue weighted by Gasteiger charge is 2.50. The summed E-state index contributed by atoms with van der Waals surface area (Å²) >= 11 is 1.01. The molecule has 0 aliphatic carbocycles. The number of likely N-dealkylation sites (tertiary alicyclic amines) is 1. The molecule has 5 rings (SSSR count). The number of carbonyl (C=O) groups is 3. The Labute approximate surface area is 252 Å². The molecular weight excluding hydrogens is 599 g/mol. The average Bonchev–Trinajstić information content (AvgIpc) is 3.61. The molecule has 3 aromatic rings. The third kappa shape index (κ3) is 6.11. The normalized spacial score (nSPS) is 18.4. The number of benzene rings is 2. The summed E-state index contributed by atoms with van der Waals surface area (Å²) in [5.74, 6) is -1.06. The lowest BCUT2D eigenvalue weighted by atomic mass is 9.85. The first-order chi connectivity index (χ1) is 20.1. The number of fused-ring (bicyclic) bond motifs is 2. The standard InChI is InChI=1S/C30H34F2N3O6PS/c1-29(2,3)25(33-26(36)24-16-20-15-21(10-11-23(20)43-24)30(31,32)42(39,40)41)28(38)35-13-6-9-22(35)27(37)34-14-12-18-7-4-5-8-19(18)17-34/h4-5,7-8,10-11,15-16,22,25H,6,9,12-14,17H2,1-3H3,(H,33,36)(H2,39,40,41)/t22-,25+/m0/s1. The molecule has 1 saturated heterocycles. The number of halogens is 2. The van der Waals surface area contributed by atoms with Crippen molar-refractivity contribution in [2.45, 2.75) is 64.3 Å². The van der Waals surface area contributed by atoms with Gasteiger partial charge in [-0.25, -0.2) is 0 Å². The van der Waals surface area contributed by atoms with Gasteiger partial charge in [0.2, 0.25) is 11.8 Å². The Balaban J connectivity index is 1.34. The zero-order chi connectivity index (χ0) is 31.3. The van der Waals surface area contributed by atoms with Crippen LogP contribution >= 0.6 is 18.9 Å². The quantitative estimate of drug-likeness (QED) is 0.333. The van der Waals surface area contributed by atoms with Gasteiger partial charge < -0.3 is 24.9 Å². The molecule has 0 radical (unpaired) electrons. The molecule has 1 fully saturated rings. The van der Waals surface area contributed by atoms with Crippen molar-refractivity contribution >= 4 is 46.7 Å². The SMILES string of the molecule is CC(C)(C)[C@H](NC(=O)c1cc2cc(C(F)(F)P(=O)(O)O)ccc2s1)C(=O)N1CCC[C@H]1C(=O)N1CCc2ccccc2C1. The van der Waals surface area contributed by atoms with Crippen LogP contribution in [0.2, 0.25) is 0 Å². The van der Waals surface area contributed by atoms with Gasteiger partial charge in [0.05, 0.1) is 4.88 Å². The van der Waals surface area contributed by atoms with E-state index in [9.17, 15) is 27.7 Å². The number of hydrogen-bond acceptors (Lipinski definition) is 5. The summed E-state index contributed by atoms with van der Waals surface area (Å²) in [7, 11) is -5.75. The molecule has 43 heavy (non-hydrogen) atoms. The number of alkyl halides is 2. The van der Waals surface area contributed by atoms with Gasteiger partial charge in [-0.3, -0.25) is 18.9 Å². The van der Waals surface area contributed by atoms with Gasteiger partial charge in [-0.1, -0.05) is 51.1 Å². The van der Waals surface area contributed by atoms with Crippen molar-refractivity contribution in [1.82, 2.24) is 15.1 Å². The van der Waals surface area contributed by atoms with Crippen molar-refractivity contribution < 1.29 is 37.5 Å². The maximum Gasteiger partial charge on any atom is 0.399 e. The first kappa shape index (κ1) is 31.3. The van der Waals surface area contributed by atoms with Gasteiger partial charge in [-0.15, -0.1) is 11.3 Å². The maximum atomic E-state index is 14.3. The number of thiophene rings is 1. The molecule has 13 heteroatoms. The maximum absolute atomic E-state index is 14.3. The minimum Gasteiger partial charge on any atom is -0.339 e. The van der Waals surface area contributed by atoms with E-state index in [2.05, 4.69) is 11.4 Å². The van der Waals surface area contributed by atoms with Crippen LogP contribution in [0, 0.1) is 5.41 Å². The summed E-state index contributed by atoms with van der Waals surface area (Å²) in [4.78, 5) is 62.7. The summed E-state index contributed by atoms with van der Waals surface area (Å²) in [5.41, 5.74) is -3.64. The van der Waals surface area contributed by atoms with Gasteiger partial charge in [0.1, 0.15) is 12.1 Å². The molecule has 0 unspecified atom stereocenters. The van der Waals surface area contributed by atoms with Crippen LogP contribution in [0.15, 0.2) is 48.5 Å². The number of carbonyl (C=O) groups excluding carboxylic acids is 3. The Bertz CT molecular complexity index is 1630. The number of amides is 3. The van der Waals surface area contributed by atoms with Crippen LogP contribution in [-0.2, 0) is 32.8 Å². The fourth-order valence-corrected chi connectivity index (χ4v) is 7.13. The van der Waals surface area contributed by atoms with E-state index in [0.717, 1.165) is 35.5 Å². The Hall–Kier alpha value is -3.18. The number of nitrogens with one attached hydrogen (secondary N) is 1. The van der Waals surface area contributed by atoms with Gasteiger partial charge in [-0.2, -0.15) is 8.78 Å². The Morgan fingerprint density at radius 3 is 2.42 bits per heavy atom. The third-order valence-corrected chi connectivity index (χ3v) is 10.2. The molecule has 2 aromatic carbocycles. The minimum atomic E-state index is -5.75. The fraction of sp³-hybridized carbons (Fsp3) is 0.433. The Morgan fingerprint density at radius 2 is 1.74 bits per heavy atom. The van der Waals surface area contributed by atoms with E-state index in [1.165, 1.54) is 17.7 Å². The molecule has 0 bridgehead atoms. The van der Waals surface area contributed by atoms with E-state index >= 15 is 0 Å². The zero-order valence-electron chi connectivity index (χ0n) is 24.0. The van der Waals surface area contributed by atoms with Gasteiger partial charge in [0, 0.05) is 29.9 Å². The third-order valence-electron chi connectivity index (χ3n) is 8.10. The Kier molecular flexibility index (Phi) is 8.28. The van der Waals surface area contributed by atoms with Crippen molar-refractivity contribution in [3.8, 4) is 0 Å². The molecule has 3 amide bonds. The zero-order valence-corrected chi connectivity index (χ0v) is 25.8. The molecule has 3 N–H and O–H groups in total. The first-order valence-corrected chi connectivity index (χ1v) is 16.5. The highest BCUT2D eigenvalue weighted by atomic mass is 32.1. The number of hydrogen-bond donors (Lipinski definition) is 3. The summed E-state index contributed by atoms with van der Waals surface area (Å²) in [6.45, 7) is 6.88. The smallest absolute Gasteiger partial charge is 0.339 e. The van der Waals surface area contributed by atoms with E-state index in [-0.39, 0.29) is 22.1 Å². The van der Waals surface area contributed by atoms with Crippen LogP contribution in [0.5, 0.6) is 0 Å². The summed E-state index contributed by atoms with van der Waals surface area (Å²) in [6, 6.07) is 10.9. The number of rotatable bonds is 6. The fourth-order valence-electron chi connectivity index (χ4n) is 5.71. The van der Waals surface area contributed by atoms with E-state index < -0.39 is 42.2 Å². The minimum absolute atomic E-state index is 0.105. The van der Waals surface area contributed by atoms with Crippen LogP contribution in [0.25, 0.3) is 10.1 Å². The molecular formula is C30H34F2N3O6PS. The van der Waals surface area contributed by atoms with Crippen molar-refractivity contribution in [1.29, 1.82) is 0 Å². The predicted molar refractivity (Wildman–Crippen MR) is 159 cm³/mol. The molecule has 0 spiro atoms. The molecule has 1 aromatic heterocycles. The van der Waals surface area contributed by atoms with Crippen molar-refractivity contribution in [3.05, 3.63) is 70.1 Å². The summed E-state index contributed by atoms with van der Waals surface area (Å²) < 4.78 is 40.3. The van der Waals surface area contributed by atoms with Crippen molar-refractivity contribution in [2.75, 3.05) is 13.1 Å². The molecule has 9 nitrogen and oxygen atoms in total. The van der Waals surface area contributed by atoms with Gasteiger partial charge in [-0.05, 0) is 59.4 Å². The summed E-state index contributed by atoms with van der Waals surface area (Å²) in [6.07, 6.45) is 1.94. The van der Waals surface area contributed by atoms with E-state index in [0.29, 0.717) is 37.2 Å². The van der Waals surface area contributed by atoms with Crippen LogP contribution in [0.4, 0.5) is 8.78 Å².